The summed E-state index contributed by atoms with van der Waals surface area (Å²) in [5.41, 5.74) is 6.10. The number of halogens is 1. The number of ether oxygens (including phenoxy) is 2. The lowest BCUT2D eigenvalue weighted by Crippen LogP contribution is -2.35. The predicted octanol–water partition coefficient (Wildman–Crippen LogP) is 1.93. The van der Waals surface area contributed by atoms with Crippen LogP contribution in [0.4, 0.5) is 5.95 Å². The summed E-state index contributed by atoms with van der Waals surface area (Å²) >= 11 is 6.06. The molecule has 2 fully saturated rings. The first-order valence-electron chi connectivity index (χ1n) is 10.7. The Morgan fingerprint density at radius 3 is 3.03 bits per heavy atom. The Kier molecular flexibility index (Phi) is 6.68. The van der Waals surface area contributed by atoms with E-state index in [1.165, 1.54) is 18.0 Å². The number of aromatic amines is 1. The maximum atomic E-state index is 13.1. The fourth-order valence-electron chi connectivity index (χ4n) is 4.14. The maximum Gasteiger partial charge on any atom is 0.475 e. The van der Waals surface area contributed by atoms with Crippen molar-refractivity contribution < 1.29 is 32.7 Å². The van der Waals surface area contributed by atoms with Gasteiger partial charge in [-0.15, -0.1) is 0 Å². The molecule has 3 unspecified atom stereocenters. The molecule has 3 aromatic rings. The molecule has 13 nitrogen and oxygen atoms in total. The lowest BCUT2D eigenvalue weighted by Gasteiger charge is -2.30. The number of nitrogens with two attached hydrogens (primary N) is 1. The Morgan fingerprint density at radius 1 is 1.43 bits per heavy atom. The first-order chi connectivity index (χ1) is 16.8. The summed E-state index contributed by atoms with van der Waals surface area (Å²) in [5.74, 6) is -0.101. The number of hydrogen-bond acceptors (Lipinski definition) is 11. The quantitative estimate of drug-likeness (QED) is 0.400. The monoisotopic (exact) mass is 527 g/mol. The number of anilines is 1. The van der Waals surface area contributed by atoms with Gasteiger partial charge in [-0.2, -0.15) is 4.98 Å². The molecule has 0 saturated carbocycles. The Labute approximate surface area is 203 Å². The van der Waals surface area contributed by atoms with Crippen molar-refractivity contribution in [3.8, 4) is 0 Å². The highest BCUT2D eigenvalue weighted by Crippen LogP contribution is 2.57. The summed E-state index contributed by atoms with van der Waals surface area (Å²) in [6.45, 7) is -0.172. The number of hydrogen-bond donors (Lipinski definition) is 3. The van der Waals surface area contributed by atoms with Crippen LogP contribution in [0.15, 0.2) is 35.4 Å². The molecule has 2 saturated heterocycles. The Bertz CT molecular complexity index is 1330. The third kappa shape index (κ3) is 4.74. The number of nitrogens with one attached hydrogen (secondary N) is 1. The summed E-state index contributed by atoms with van der Waals surface area (Å²) in [4.78, 5) is 22.6. The van der Waals surface area contributed by atoms with Crippen molar-refractivity contribution >= 4 is 36.5 Å². The molecule has 0 spiro atoms. The predicted molar refractivity (Wildman–Crippen MR) is 123 cm³/mol. The average Bonchev–Trinajstić information content (AvgIpc) is 3.38. The SMILES string of the molecule is COC1C(O)[C@@H](COP2(=O)OCC[C@@H](c3cccc(Cl)c3)O2)O[C@H]1n1cnc2c(=O)[nH]c(N)nc21. The fourth-order valence-corrected chi connectivity index (χ4v) is 5.73. The van der Waals surface area contributed by atoms with E-state index in [4.69, 9.17) is 40.4 Å². The van der Waals surface area contributed by atoms with Crippen LogP contribution in [0.1, 0.15) is 24.3 Å². The van der Waals surface area contributed by atoms with Gasteiger partial charge in [0, 0.05) is 18.6 Å². The van der Waals surface area contributed by atoms with E-state index >= 15 is 0 Å². The minimum atomic E-state index is -3.96. The van der Waals surface area contributed by atoms with Gasteiger partial charge in [0.15, 0.2) is 17.4 Å². The number of phosphoric ester groups is 1. The van der Waals surface area contributed by atoms with Gasteiger partial charge in [0.05, 0.1) is 25.6 Å². The number of H-pyrrole nitrogens is 1. The van der Waals surface area contributed by atoms with Crippen LogP contribution in [0.3, 0.4) is 0 Å². The van der Waals surface area contributed by atoms with E-state index < -0.39 is 44.0 Å². The Morgan fingerprint density at radius 2 is 2.26 bits per heavy atom. The highest BCUT2D eigenvalue weighted by Gasteiger charge is 2.47. The highest BCUT2D eigenvalue weighted by molar-refractivity contribution is 7.48. The molecule has 35 heavy (non-hydrogen) atoms. The minimum absolute atomic E-state index is 0.0485. The second-order valence-corrected chi connectivity index (χ2v) is 10.1. The standard InChI is InChI=1S/C20H23ClN5O8P/c1-30-16-15(27)13(33-19(16)26-9-23-14-17(26)24-20(22)25-18(14)28)8-32-35(29)31-6-5-12(34-35)10-3-2-4-11(21)7-10/h2-4,7,9,12-13,15-16,19,27H,5-6,8H2,1H3,(H3,22,24,25,28)/t12-,13+,15?,16?,19+,35?/m0/s1. The smallest absolute Gasteiger partial charge is 0.387 e. The molecule has 1 aromatic carbocycles. The number of nitrogens with zero attached hydrogens (tertiary/aromatic N) is 3. The molecule has 4 N–H and O–H groups in total. The van der Waals surface area contributed by atoms with Gasteiger partial charge in [0.2, 0.25) is 5.95 Å². The molecule has 0 bridgehead atoms. The van der Waals surface area contributed by atoms with Crippen LogP contribution in [0.25, 0.3) is 11.2 Å². The van der Waals surface area contributed by atoms with E-state index in [2.05, 4.69) is 15.0 Å². The number of aromatic nitrogens is 4. The van der Waals surface area contributed by atoms with E-state index in [0.717, 1.165) is 5.56 Å². The summed E-state index contributed by atoms with van der Waals surface area (Å²) < 4.78 is 42.4. The number of aliphatic hydroxyl groups excluding tert-OH is 1. The van der Waals surface area contributed by atoms with Gasteiger partial charge in [-0.25, -0.2) is 9.55 Å². The van der Waals surface area contributed by atoms with Gasteiger partial charge in [-0.3, -0.25) is 27.9 Å². The number of imidazole rings is 1. The number of fused-ring (bicyclic) bond motifs is 1. The molecule has 0 radical (unpaired) electrons. The molecule has 0 amide bonds. The summed E-state index contributed by atoms with van der Waals surface area (Å²) in [7, 11) is -2.56. The topological polar surface area (TPSA) is 173 Å². The summed E-state index contributed by atoms with van der Waals surface area (Å²) in [6.07, 6.45) is -2.67. The van der Waals surface area contributed by atoms with Gasteiger partial charge in [0.25, 0.3) is 5.56 Å². The van der Waals surface area contributed by atoms with Crippen LogP contribution in [0, 0.1) is 0 Å². The van der Waals surface area contributed by atoms with Crippen molar-refractivity contribution in [2.75, 3.05) is 26.1 Å². The Hall–Kier alpha value is -2.35. The number of nitrogen functional groups attached to an aromatic ring is 1. The fraction of sp³-hybridized carbons (Fsp3) is 0.450. The van der Waals surface area contributed by atoms with E-state index in [0.29, 0.717) is 11.4 Å². The Balaban J connectivity index is 1.31. The van der Waals surface area contributed by atoms with Crippen LogP contribution in [0.5, 0.6) is 0 Å². The van der Waals surface area contributed by atoms with Crippen molar-refractivity contribution in [2.24, 2.45) is 0 Å². The average molecular weight is 528 g/mol. The van der Waals surface area contributed by atoms with Crippen LogP contribution in [-0.4, -0.2) is 63.3 Å². The first kappa shape index (κ1) is 24.3. The number of benzene rings is 1. The molecular formula is C20H23ClN5O8P. The van der Waals surface area contributed by atoms with Crippen LogP contribution in [-0.2, 0) is 27.6 Å². The zero-order chi connectivity index (χ0) is 24.7. The van der Waals surface area contributed by atoms with Crippen LogP contribution < -0.4 is 11.3 Å². The molecule has 2 aliphatic rings. The van der Waals surface area contributed by atoms with Crippen molar-refractivity contribution in [1.29, 1.82) is 0 Å². The van der Waals surface area contributed by atoms with Crippen molar-refractivity contribution in [1.82, 2.24) is 19.5 Å². The molecule has 6 atom stereocenters. The lowest BCUT2D eigenvalue weighted by atomic mass is 10.1. The van der Waals surface area contributed by atoms with E-state index in [1.807, 2.05) is 6.07 Å². The van der Waals surface area contributed by atoms with Crippen molar-refractivity contribution in [3.63, 3.8) is 0 Å². The molecule has 5 rings (SSSR count). The van der Waals surface area contributed by atoms with E-state index in [-0.39, 0.29) is 30.3 Å². The highest BCUT2D eigenvalue weighted by atomic mass is 35.5. The third-order valence-corrected chi connectivity index (χ3v) is 7.52. The maximum absolute atomic E-state index is 13.1. The van der Waals surface area contributed by atoms with Crippen molar-refractivity contribution in [2.45, 2.75) is 37.1 Å². The van der Waals surface area contributed by atoms with Gasteiger partial charge < -0.3 is 20.3 Å². The first-order valence-corrected chi connectivity index (χ1v) is 12.5. The second-order valence-electron chi connectivity index (χ2n) is 8.05. The zero-order valence-corrected chi connectivity index (χ0v) is 20.1. The molecular weight excluding hydrogens is 505 g/mol. The van der Waals surface area contributed by atoms with Crippen LogP contribution in [0.2, 0.25) is 5.02 Å². The van der Waals surface area contributed by atoms with Crippen LogP contribution >= 0.6 is 19.4 Å². The van der Waals surface area contributed by atoms with Gasteiger partial charge >= 0.3 is 7.82 Å². The molecule has 188 valence electrons. The molecule has 15 heteroatoms. The summed E-state index contributed by atoms with van der Waals surface area (Å²) in [6, 6.07) is 7.03. The minimum Gasteiger partial charge on any atom is -0.387 e. The molecule has 4 heterocycles. The zero-order valence-electron chi connectivity index (χ0n) is 18.4. The van der Waals surface area contributed by atoms with Gasteiger partial charge in [-0.05, 0) is 17.7 Å². The lowest BCUT2D eigenvalue weighted by molar-refractivity contribution is -0.0626. The van der Waals surface area contributed by atoms with Gasteiger partial charge in [0.1, 0.15) is 18.3 Å². The van der Waals surface area contributed by atoms with E-state index in [9.17, 15) is 14.5 Å². The second kappa shape index (κ2) is 9.60. The number of phosphoric acid groups is 1. The third-order valence-electron chi connectivity index (χ3n) is 5.81. The molecule has 0 aliphatic carbocycles. The van der Waals surface area contributed by atoms with Crippen molar-refractivity contribution in [3.05, 3.63) is 51.5 Å². The largest absolute Gasteiger partial charge is 0.475 e. The number of methoxy groups -OCH3 is 1. The molecule has 2 aromatic heterocycles. The molecule has 2 aliphatic heterocycles. The number of rotatable bonds is 6. The van der Waals surface area contributed by atoms with Gasteiger partial charge in [-0.1, -0.05) is 23.7 Å². The van der Waals surface area contributed by atoms with E-state index in [1.54, 1.807) is 18.2 Å². The number of aliphatic hydroxyl groups is 1. The summed E-state index contributed by atoms with van der Waals surface area (Å²) in [5, 5.41) is 11.3. The normalized spacial score (nSPS) is 31.2.